The van der Waals surface area contributed by atoms with Crippen molar-refractivity contribution in [3.05, 3.63) is 29.8 Å². The lowest BCUT2D eigenvalue weighted by molar-refractivity contribution is -0.149. The van der Waals surface area contributed by atoms with E-state index in [-0.39, 0.29) is 54.0 Å². The molecule has 2 bridgehead atoms. The second-order valence-corrected chi connectivity index (χ2v) is 9.70. The van der Waals surface area contributed by atoms with Crippen molar-refractivity contribution in [2.75, 3.05) is 13.7 Å². The molecule has 7 heteroatoms. The first-order chi connectivity index (χ1) is 15.5. The Kier molecular flexibility index (Phi) is 5.51. The van der Waals surface area contributed by atoms with Crippen molar-refractivity contribution in [2.24, 2.45) is 29.6 Å². The molecular weight excluding hydrogens is 410 g/mol. The first kappa shape index (κ1) is 21.2. The molecule has 3 aliphatic carbocycles. The maximum atomic E-state index is 13.0. The van der Waals surface area contributed by atoms with Crippen LogP contribution in [0, 0.1) is 29.6 Å². The third kappa shape index (κ3) is 3.51. The summed E-state index contributed by atoms with van der Waals surface area (Å²) in [5.74, 6) is 0.387. The molecule has 1 aromatic carbocycles. The fourth-order valence-electron chi connectivity index (χ4n) is 6.48. The van der Waals surface area contributed by atoms with Crippen molar-refractivity contribution in [2.45, 2.75) is 51.0 Å². The summed E-state index contributed by atoms with van der Waals surface area (Å²) in [6, 6.07) is 6.57. The van der Waals surface area contributed by atoms with Gasteiger partial charge in [-0.15, -0.1) is 0 Å². The smallest absolute Gasteiger partial charge is 0.309 e. The molecule has 2 amide bonds. The molecular formula is C25H29NO6. The molecule has 1 heterocycles. The van der Waals surface area contributed by atoms with Gasteiger partial charge in [0.1, 0.15) is 5.75 Å². The van der Waals surface area contributed by atoms with E-state index in [1.807, 2.05) is 0 Å². The van der Waals surface area contributed by atoms with Gasteiger partial charge in [-0.25, -0.2) is 0 Å². The maximum Gasteiger partial charge on any atom is 0.309 e. The number of carbonyl (C=O) groups excluding carboxylic acids is 4. The van der Waals surface area contributed by atoms with Gasteiger partial charge in [0.25, 0.3) is 0 Å². The summed E-state index contributed by atoms with van der Waals surface area (Å²) in [5, 5.41) is 0. The standard InChI is InChI=1S/C25H29NO6/c1-31-19-10-6-14(7-11-19)20(27)13-32-25(30)15-4-8-18(9-5-15)26-23(28)21-16-2-3-17(12-16)22(21)24(26)29/h6-7,10-11,15-18,21-22H,2-5,8-9,12-13H2,1H3/t15?,16-,17-,18?,21-,22-/m0/s1. The minimum atomic E-state index is -0.376. The van der Waals surface area contributed by atoms with E-state index in [0.717, 1.165) is 19.3 Å². The Morgan fingerprint density at radius 3 is 2.06 bits per heavy atom. The molecule has 32 heavy (non-hydrogen) atoms. The first-order valence-electron chi connectivity index (χ1n) is 11.7. The number of likely N-dealkylation sites (tertiary alicyclic amines) is 1. The van der Waals surface area contributed by atoms with E-state index < -0.39 is 0 Å². The van der Waals surface area contributed by atoms with E-state index in [4.69, 9.17) is 9.47 Å². The molecule has 1 aliphatic heterocycles. The average molecular weight is 440 g/mol. The first-order valence-corrected chi connectivity index (χ1v) is 11.7. The number of nitrogens with zero attached hydrogens (tertiary/aromatic N) is 1. The van der Waals surface area contributed by atoms with E-state index in [1.54, 1.807) is 36.3 Å². The Bertz CT molecular complexity index is 904. The van der Waals surface area contributed by atoms with E-state index >= 15 is 0 Å². The monoisotopic (exact) mass is 439 g/mol. The van der Waals surface area contributed by atoms with Crippen molar-refractivity contribution in [3.8, 4) is 5.75 Å². The van der Waals surface area contributed by atoms with Crippen LogP contribution < -0.4 is 4.74 Å². The van der Waals surface area contributed by atoms with E-state index in [1.165, 1.54) is 0 Å². The number of amides is 2. The number of esters is 1. The van der Waals surface area contributed by atoms with Crippen molar-refractivity contribution >= 4 is 23.6 Å². The summed E-state index contributed by atoms with van der Waals surface area (Å²) in [6.45, 7) is -0.291. The number of carbonyl (C=O) groups is 4. The molecule has 7 nitrogen and oxygen atoms in total. The van der Waals surface area contributed by atoms with Crippen LogP contribution in [0.3, 0.4) is 0 Å². The minimum Gasteiger partial charge on any atom is -0.497 e. The van der Waals surface area contributed by atoms with Gasteiger partial charge in [0.15, 0.2) is 12.4 Å². The lowest BCUT2D eigenvalue weighted by Crippen LogP contribution is -2.44. The van der Waals surface area contributed by atoms with Crippen LogP contribution in [0.15, 0.2) is 24.3 Å². The number of benzene rings is 1. The van der Waals surface area contributed by atoms with Crippen LogP contribution in [-0.4, -0.2) is 48.2 Å². The van der Waals surface area contributed by atoms with E-state index in [9.17, 15) is 19.2 Å². The molecule has 0 spiro atoms. The van der Waals surface area contributed by atoms with Gasteiger partial charge >= 0.3 is 5.97 Å². The molecule has 4 atom stereocenters. The van der Waals surface area contributed by atoms with Crippen molar-refractivity contribution in [1.82, 2.24) is 4.90 Å². The molecule has 170 valence electrons. The zero-order chi connectivity index (χ0) is 22.4. The Hall–Kier alpha value is -2.70. The number of hydrogen-bond donors (Lipinski definition) is 0. The average Bonchev–Trinajstić information content (AvgIpc) is 3.51. The molecule has 4 fully saturated rings. The van der Waals surface area contributed by atoms with Crippen molar-refractivity contribution < 1.29 is 28.7 Å². The van der Waals surface area contributed by atoms with Crippen LogP contribution >= 0.6 is 0 Å². The SMILES string of the molecule is COc1ccc(C(=O)COC(=O)C2CCC(N3C(=O)[C@H]4[C@H]5CC[C@@H](C5)[C@@H]4C3=O)CC2)cc1. The molecule has 3 saturated carbocycles. The third-order valence-corrected chi connectivity index (χ3v) is 8.11. The summed E-state index contributed by atoms with van der Waals surface area (Å²) in [6.07, 6.45) is 5.57. The summed E-state index contributed by atoms with van der Waals surface area (Å²) >= 11 is 0. The van der Waals surface area contributed by atoms with E-state index in [0.29, 0.717) is 48.8 Å². The quantitative estimate of drug-likeness (QED) is 0.385. The van der Waals surface area contributed by atoms with Crippen LogP contribution in [-0.2, 0) is 19.1 Å². The molecule has 5 rings (SSSR count). The second-order valence-electron chi connectivity index (χ2n) is 9.70. The highest BCUT2D eigenvalue weighted by molar-refractivity contribution is 6.06. The summed E-state index contributed by atoms with van der Waals surface area (Å²) in [7, 11) is 1.55. The van der Waals surface area contributed by atoms with Gasteiger partial charge in [-0.05, 0) is 81.0 Å². The lowest BCUT2D eigenvalue weighted by Gasteiger charge is -2.33. The number of rotatable bonds is 6. The second kappa shape index (κ2) is 8.34. The molecule has 1 saturated heterocycles. The number of Topliss-reactive ketones (excluding diaryl/α,β-unsaturated/α-hetero) is 1. The van der Waals surface area contributed by atoms with Gasteiger partial charge in [-0.3, -0.25) is 24.1 Å². The maximum absolute atomic E-state index is 13.0. The Morgan fingerprint density at radius 1 is 0.906 bits per heavy atom. The van der Waals surface area contributed by atoms with Gasteiger partial charge in [-0.1, -0.05) is 0 Å². The number of imide groups is 1. The fourth-order valence-corrected chi connectivity index (χ4v) is 6.48. The summed E-state index contributed by atoms with van der Waals surface area (Å²) in [4.78, 5) is 52.4. The minimum absolute atomic E-state index is 0.0308. The molecule has 4 aliphatic rings. The molecule has 0 N–H and O–H groups in total. The van der Waals surface area contributed by atoms with Crippen LogP contribution in [0.25, 0.3) is 0 Å². The zero-order valence-corrected chi connectivity index (χ0v) is 18.3. The summed E-state index contributed by atoms with van der Waals surface area (Å²) in [5.41, 5.74) is 0.466. The molecule has 0 aromatic heterocycles. The zero-order valence-electron chi connectivity index (χ0n) is 18.3. The highest BCUT2D eigenvalue weighted by atomic mass is 16.5. The van der Waals surface area contributed by atoms with Crippen LogP contribution in [0.2, 0.25) is 0 Å². The normalized spacial score (nSPS) is 33.3. The third-order valence-electron chi connectivity index (χ3n) is 8.11. The van der Waals surface area contributed by atoms with Crippen molar-refractivity contribution in [1.29, 1.82) is 0 Å². The highest BCUT2D eigenvalue weighted by Gasteiger charge is 2.61. The van der Waals surface area contributed by atoms with Gasteiger partial charge in [0, 0.05) is 11.6 Å². The number of ether oxygens (including phenoxy) is 2. The van der Waals surface area contributed by atoms with Gasteiger partial charge < -0.3 is 9.47 Å². The number of fused-ring (bicyclic) bond motifs is 5. The highest BCUT2D eigenvalue weighted by Crippen LogP contribution is 2.56. The fraction of sp³-hybridized carbons (Fsp3) is 0.600. The lowest BCUT2D eigenvalue weighted by atomic mass is 9.81. The topological polar surface area (TPSA) is 90.0 Å². The predicted octanol–water partition coefficient (Wildman–Crippen LogP) is 3.01. The number of methoxy groups -OCH3 is 1. The Labute approximate surface area is 187 Å². The van der Waals surface area contributed by atoms with Crippen LogP contribution in [0.5, 0.6) is 5.75 Å². The van der Waals surface area contributed by atoms with Gasteiger partial charge in [0.05, 0.1) is 24.9 Å². The van der Waals surface area contributed by atoms with Crippen LogP contribution in [0.4, 0.5) is 0 Å². The number of ketones is 1. The van der Waals surface area contributed by atoms with Crippen LogP contribution in [0.1, 0.15) is 55.3 Å². The molecule has 0 radical (unpaired) electrons. The van der Waals surface area contributed by atoms with Gasteiger partial charge in [-0.2, -0.15) is 0 Å². The predicted molar refractivity (Wildman–Crippen MR) is 114 cm³/mol. The Balaban J connectivity index is 1.12. The van der Waals surface area contributed by atoms with E-state index in [2.05, 4.69) is 0 Å². The van der Waals surface area contributed by atoms with Gasteiger partial charge in [0.2, 0.25) is 11.8 Å². The van der Waals surface area contributed by atoms with Crippen molar-refractivity contribution in [3.63, 3.8) is 0 Å². The molecule has 1 aromatic rings. The molecule has 0 unspecified atom stereocenters. The summed E-state index contributed by atoms with van der Waals surface area (Å²) < 4.78 is 10.4. The number of hydrogen-bond acceptors (Lipinski definition) is 6. The largest absolute Gasteiger partial charge is 0.497 e. The Morgan fingerprint density at radius 2 is 1.50 bits per heavy atom.